The predicted molar refractivity (Wildman–Crippen MR) is 74.7 cm³/mol. The minimum atomic E-state index is 0.0634. The van der Waals surface area contributed by atoms with Crippen LogP contribution in [0.2, 0.25) is 0 Å². The molecule has 1 aliphatic rings. The van der Waals surface area contributed by atoms with Crippen molar-refractivity contribution in [1.82, 2.24) is 9.97 Å². The zero-order chi connectivity index (χ0) is 13.3. The Morgan fingerprint density at radius 2 is 2.17 bits per heavy atom. The lowest BCUT2D eigenvalue weighted by molar-refractivity contribution is 0.564. The number of hydrogen-bond acceptors (Lipinski definition) is 4. The van der Waals surface area contributed by atoms with Gasteiger partial charge in [-0.1, -0.05) is 20.8 Å². The summed E-state index contributed by atoms with van der Waals surface area (Å²) in [6, 6.07) is 2.48. The van der Waals surface area contributed by atoms with Crippen molar-refractivity contribution >= 4 is 5.95 Å². The van der Waals surface area contributed by atoms with Crippen LogP contribution < -0.4 is 10.6 Å². The Labute approximate surface area is 110 Å². The van der Waals surface area contributed by atoms with Gasteiger partial charge in [0.1, 0.15) is 0 Å². The molecule has 2 rings (SSSR count). The second-order valence-electron chi connectivity index (χ2n) is 6.33. The van der Waals surface area contributed by atoms with Gasteiger partial charge in [0.2, 0.25) is 5.95 Å². The predicted octanol–water partition coefficient (Wildman–Crippen LogP) is 1.95. The van der Waals surface area contributed by atoms with Crippen molar-refractivity contribution in [3.8, 4) is 0 Å². The summed E-state index contributed by atoms with van der Waals surface area (Å²) < 4.78 is 0. The first-order valence-corrected chi connectivity index (χ1v) is 6.72. The van der Waals surface area contributed by atoms with E-state index in [0.717, 1.165) is 31.2 Å². The van der Waals surface area contributed by atoms with Gasteiger partial charge < -0.3 is 10.6 Å². The minimum absolute atomic E-state index is 0.0634. The summed E-state index contributed by atoms with van der Waals surface area (Å²) in [4.78, 5) is 11.4. The Morgan fingerprint density at radius 1 is 1.44 bits per heavy atom. The molecule has 4 nitrogen and oxygen atoms in total. The van der Waals surface area contributed by atoms with Crippen LogP contribution in [0, 0.1) is 5.92 Å². The zero-order valence-corrected chi connectivity index (χ0v) is 11.8. The van der Waals surface area contributed by atoms with Crippen LogP contribution in [-0.4, -0.2) is 29.1 Å². The summed E-state index contributed by atoms with van der Waals surface area (Å²) in [5.41, 5.74) is 6.92. The number of nitrogens with two attached hydrogens (primary N) is 1. The largest absolute Gasteiger partial charge is 0.338 e. The SMILES string of the molecule is CC1CC(CN)CN1c1nccc(C(C)(C)C)n1. The Hall–Kier alpha value is -1.16. The van der Waals surface area contributed by atoms with Crippen LogP contribution in [0.15, 0.2) is 12.3 Å². The molecule has 2 unspecified atom stereocenters. The van der Waals surface area contributed by atoms with Crippen LogP contribution in [0.25, 0.3) is 0 Å². The molecule has 1 saturated heterocycles. The molecule has 1 aromatic heterocycles. The maximum absolute atomic E-state index is 5.77. The van der Waals surface area contributed by atoms with E-state index in [4.69, 9.17) is 10.7 Å². The number of aromatic nitrogens is 2. The molecule has 1 aromatic rings. The second kappa shape index (κ2) is 4.84. The highest BCUT2D eigenvalue weighted by molar-refractivity contribution is 5.35. The molecule has 0 saturated carbocycles. The van der Waals surface area contributed by atoms with E-state index in [-0.39, 0.29) is 5.41 Å². The summed E-state index contributed by atoms with van der Waals surface area (Å²) in [5.74, 6) is 1.42. The average molecular weight is 248 g/mol. The molecule has 18 heavy (non-hydrogen) atoms. The molecule has 2 atom stereocenters. The van der Waals surface area contributed by atoms with Gasteiger partial charge in [-0.3, -0.25) is 0 Å². The summed E-state index contributed by atoms with van der Waals surface area (Å²) in [5, 5.41) is 0. The Balaban J connectivity index is 2.24. The quantitative estimate of drug-likeness (QED) is 0.869. The molecule has 0 aromatic carbocycles. The standard InChI is InChI=1S/C14H24N4/c1-10-7-11(8-15)9-18(10)13-16-6-5-12(17-13)14(2,3)4/h5-6,10-11H,7-9,15H2,1-4H3. The molecular formula is C14H24N4. The van der Waals surface area contributed by atoms with Crippen LogP contribution in [0.3, 0.4) is 0 Å². The van der Waals surface area contributed by atoms with Gasteiger partial charge >= 0.3 is 0 Å². The first-order chi connectivity index (χ1) is 8.41. The van der Waals surface area contributed by atoms with E-state index in [2.05, 4.69) is 37.6 Å². The number of hydrogen-bond donors (Lipinski definition) is 1. The van der Waals surface area contributed by atoms with Gasteiger partial charge in [0.15, 0.2) is 0 Å². The van der Waals surface area contributed by atoms with Gasteiger partial charge in [0.05, 0.1) is 5.69 Å². The highest BCUT2D eigenvalue weighted by atomic mass is 15.3. The third kappa shape index (κ3) is 2.64. The van der Waals surface area contributed by atoms with Crippen molar-refractivity contribution in [1.29, 1.82) is 0 Å². The van der Waals surface area contributed by atoms with Gasteiger partial charge in [-0.25, -0.2) is 9.97 Å². The first kappa shape index (κ1) is 13.3. The Kier molecular flexibility index (Phi) is 3.57. The maximum Gasteiger partial charge on any atom is 0.225 e. The molecular weight excluding hydrogens is 224 g/mol. The lowest BCUT2D eigenvalue weighted by atomic mass is 9.92. The van der Waals surface area contributed by atoms with Crippen molar-refractivity contribution in [2.24, 2.45) is 11.7 Å². The van der Waals surface area contributed by atoms with Crippen LogP contribution in [0.4, 0.5) is 5.95 Å². The molecule has 1 fully saturated rings. The zero-order valence-electron chi connectivity index (χ0n) is 11.8. The maximum atomic E-state index is 5.77. The molecule has 0 spiro atoms. The summed E-state index contributed by atoms with van der Waals surface area (Å²) in [6.07, 6.45) is 3.00. The van der Waals surface area contributed by atoms with E-state index in [1.54, 1.807) is 0 Å². The molecule has 2 N–H and O–H groups in total. The van der Waals surface area contributed by atoms with Crippen molar-refractivity contribution in [3.63, 3.8) is 0 Å². The number of anilines is 1. The molecule has 0 radical (unpaired) electrons. The van der Waals surface area contributed by atoms with Crippen molar-refractivity contribution < 1.29 is 0 Å². The van der Waals surface area contributed by atoms with E-state index in [9.17, 15) is 0 Å². The fourth-order valence-electron chi connectivity index (χ4n) is 2.50. The van der Waals surface area contributed by atoms with E-state index in [1.165, 1.54) is 0 Å². The topological polar surface area (TPSA) is 55.0 Å². The van der Waals surface area contributed by atoms with E-state index < -0.39 is 0 Å². The number of nitrogens with zero attached hydrogens (tertiary/aromatic N) is 3. The van der Waals surface area contributed by atoms with Gasteiger partial charge in [0, 0.05) is 24.2 Å². The molecule has 100 valence electrons. The third-order valence-electron chi connectivity index (χ3n) is 3.66. The Bertz CT molecular complexity index is 411. The van der Waals surface area contributed by atoms with Crippen LogP contribution in [0.5, 0.6) is 0 Å². The second-order valence-corrected chi connectivity index (χ2v) is 6.33. The first-order valence-electron chi connectivity index (χ1n) is 6.72. The van der Waals surface area contributed by atoms with Crippen molar-refractivity contribution in [3.05, 3.63) is 18.0 Å². The number of rotatable bonds is 2. The summed E-state index contributed by atoms with van der Waals surface area (Å²) in [7, 11) is 0. The molecule has 0 aliphatic carbocycles. The Morgan fingerprint density at radius 3 is 2.72 bits per heavy atom. The molecule has 0 amide bonds. The highest BCUT2D eigenvalue weighted by Crippen LogP contribution is 2.27. The van der Waals surface area contributed by atoms with Crippen LogP contribution in [0.1, 0.15) is 39.8 Å². The van der Waals surface area contributed by atoms with Gasteiger partial charge in [-0.2, -0.15) is 0 Å². The summed E-state index contributed by atoms with van der Waals surface area (Å²) >= 11 is 0. The molecule has 1 aliphatic heterocycles. The molecule has 2 heterocycles. The highest BCUT2D eigenvalue weighted by Gasteiger charge is 2.30. The van der Waals surface area contributed by atoms with Gasteiger partial charge in [-0.05, 0) is 31.9 Å². The summed E-state index contributed by atoms with van der Waals surface area (Å²) in [6.45, 7) is 10.5. The minimum Gasteiger partial charge on any atom is -0.338 e. The van der Waals surface area contributed by atoms with E-state index in [0.29, 0.717) is 12.0 Å². The monoisotopic (exact) mass is 248 g/mol. The van der Waals surface area contributed by atoms with Crippen LogP contribution in [-0.2, 0) is 5.41 Å². The average Bonchev–Trinajstić information content (AvgIpc) is 2.70. The van der Waals surface area contributed by atoms with E-state index in [1.807, 2.05) is 12.3 Å². The smallest absolute Gasteiger partial charge is 0.225 e. The lowest BCUT2D eigenvalue weighted by Crippen LogP contribution is -2.30. The lowest BCUT2D eigenvalue weighted by Gasteiger charge is -2.24. The fourth-order valence-corrected chi connectivity index (χ4v) is 2.50. The third-order valence-corrected chi connectivity index (χ3v) is 3.66. The fraction of sp³-hybridized carbons (Fsp3) is 0.714. The van der Waals surface area contributed by atoms with Gasteiger partial charge in [0.25, 0.3) is 0 Å². The molecule has 0 bridgehead atoms. The molecule has 4 heteroatoms. The normalized spacial score (nSPS) is 24.6. The van der Waals surface area contributed by atoms with Gasteiger partial charge in [-0.15, -0.1) is 0 Å². The van der Waals surface area contributed by atoms with Crippen molar-refractivity contribution in [2.45, 2.75) is 45.6 Å². The van der Waals surface area contributed by atoms with E-state index >= 15 is 0 Å². The van der Waals surface area contributed by atoms with Crippen molar-refractivity contribution in [2.75, 3.05) is 18.0 Å². The van der Waals surface area contributed by atoms with Crippen LogP contribution >= 0.6 is 0 Å².